The molecule has 1 aromatic carbocycles. The number of rotatable bonds is 4. The van der Waals surface area contributed by atoms with Crippen molar-refractivity contribution >= 4 is 22.6 Å². The van der Waals surface area contributed by atoms with E-state index in [0.717, 1.165) is 11.9 Å². The minimum absolute atomic E-state index is 0.147. The van der Waals surface area contributed by atoms with Crippen LogP contribution in [0.15, 0.2) is 28.7 Å². The number of furan rings is 1. The number of nitrogens with one attached hydrogen (secondary N) is 1. The summed E-state index contributed by atoms with van der Waals surface area (Å²) < 4.78 is 5.56. The van der Waals surface area contributed by atoms with E-state index >= 15 is 0 Å². The Kier molecular flexibility index (Phi) is 2.96. The van der Waals surface area contributed by atoms with Crippen LogP contribution in [0, 0.1) is 11.3 Å². The first-order chi connectivity index (χ1) is 9.50. The van der Waals surface area contributed by atoms with Gasteiger partial charge in [0.05, 0.1) is 0 Å². The van der Waals surface area contributed by atoms with Crippen molar-refractivity contribution < 1.29 is 9.21 Å². The summed E-state index contributed by atoms with van der Waals surface area (Å²) in [6.07, 6.45) is 2.39. The van der Waals surface area contributed by atoms with Crippen LogP contribution in [0.4, 0.5) is 5.69 Å². The smallest absolute Gasteiger partial charge is 0.287 e. The largest absolute Gasteiger partial charge is 0.451 e. The Bertz CT molecular complexity index is 654. The van der Waals surface area contributed by atoms with Crippen LogP contribution < -0.4 is 11.1 Å². The molecule has 1 amide bonds. The first kappa shape index (κ1) is 13.0. The molecule has 1 heterocycles. The van der Waals surface area contributed by atoms with Crippen LogP contribution in [-0.4, -0.2) is 12.5 Å². The number of hydrogen-bond acceptors (Lipinski definition) is 3. The predicted molar refractivity (Wildman–Crippen MR) is 79.5 cm³/mol. The van der Waals surface area contributed by atoms with E-state index in [1.807, 2.05) is 6.07 Å². The van der Waals surface area contributed by atoms with Gasteiger partial charge in [-0.25, -0.2) is 0 Å². The van der Waals surface area contributed by atoms with Crippen molar-refractivity contribution in [2.24, 2.45) is 11.3 Å². The zero-order valence-corrected chi connectivity index (χ0v) is 11.9. The summed E-state index contributed by atoms with van der Waals surface area (Å²) in [7, 11) is 0. The number of nitrogen functional groups attached to an aromatic ring is 1. The fourth-order valence-electron chi connectivity index (χ4n) is 2.64. The molecular formula is C16H20N2O2. The first-order valence-corrected chi connectivity index (χ1v) is 7.07. The number of anilines is 1. The maximum Gasteiger partial charge on any atom is 0.287 e. The van der Waals surface area contributed by atoms with Crippen molar-refractivity contribution in [3.05, 3.63) is 30.0 Å². The number of benzene rings is 1. The fraction of sp³-hybridized carbons (Fsp3) is 0.438. The number of amides is 1. The highest BCUT2D eigenvalue weighted by Crippen LogP contribution is 2.51. The van der Waals surface area contributed by atoms with Crippen molar-refractivity contribution in [1.29, 1.82) is 0 Å². The van der Waals surface area contributed by atoms with Crippen LogP contribution in [0.2, 0.25) is 0 Å². The molecule has 3 rings (SSSR count). The molecule has 1 aromatic heterocycles. The normalized spacial score (nSPS) is 16.6. The van der Waals surface area contributed by atoms with E-state index in [2.05, 4.69) is 19.2 Å². The molecule has 0 atom stereocenters. The summed E-state index contributed by atoms with van der Waals surface area (Å²) in [6.45, 7) is 5.15. The van der Waals surface area contributed by atoms with Gasteiger partial charge >= 0.3 is 0 Å². The van der Waals surface area contributed by atoms with Gasteiger partial charge in [-0.3, -0.25) is 4.79 Å². The zero-order chi connectivity index (χ0) is 14.3. The van der Waals surface area contributed by atoms with Gasteiger partial charge in [-0.15, -0.1) is 0 Å². The van der Waals surface area contributed by atoms with Crippen molar-refractivity contribution in [3.63, 3.8) is 0 Å². The summed E-state index contributed by atoms with van der Waals surface area (Å²) in [5.41, 5.74) is 7.38. The van der Waals surface area contributed by atoms with E-state index in [0.29, 0.717) is 28.4 Å². The third-order valence-corrected chi connectivity index (χ3v) is 4.48. The summed E-state index contributed by atoms with van der Waals surface area (Å²) in [5.74, 6) is 0.801. The number of carbonyl (C=O) groups is 1. The molecular weight excluding hydrogens is 252 g/mol. The molecule has 0 saturated heterocycles. The molecule has 20 heavy (non-hydrogen) atoms. The third kappa shape index (κ3) is 2.26. The molecule has 4 nitrogen and oxygen atoms in total. The van der Waals surface area contributed by atoms with Gasteiger partial charge in [0.15, 0.2) is 5.76 Å². The molecule has 0 radical (unpaired) electrons. The van der Waals surface area contributed by atoms with Gasteiger partial charge in [0.1, 0.15) is 5.58 Å². The van der Waals surface area contributed by atoms with Gasteiger partial charge in [-0.1, -0.05) is 13.8 Å². The van der Waals surface area contributed by atoms with E-state index in [9.17, 15) is 4.79 Å². The van der Waals surface area contributed by atoms with Crippen molar-refractivity contribution in [2.45, 2.75) is 26.7 Å². The fourth-order valence-corrected chi connectivity index (χ4v) is 2.64. The molecule has 0 bridgehead atoms. The van der Waals surface area contributed by atoms with Gasteiger partial charge in [-0.05, 0) is 48.4 Å². The molecule has 1 aliphatic rings. The average molecular weight is 272 g/mol. The third-order valence-electron chi connectivity index (χ3n) is 4.48. The molecule has 0 spiro atoms. The van der Waals surface area contributed by atoms with Gasteiger partial charge in [0.25, 0.3) is 5.91 Å². The molecule has 0 aliphatic heterocycles. The average Bonchev–Trinajstić information content (AvgIpc) is 3.09. The van der Waals surface area contributed by atoms with Crippen LogP contribution in [0.5, 0.6) is 0 Å². The van der Waals surface area contributed by atoms with Crippen LogP contribution in [0.1, 0.15) is 37.2 Å². The van der Waals surface area contributed by atoms with Crippen molar-refractivity contribution in [3.8, 4) is 0 Å². The van der Waals surface area contributed by atoms with Crippen LogP contribution in [0.25, 0.3) is 11.0 Å². The second-order valence-corrected chi connectivity index (χ2v) is 6.11. The highest BCUT2D eigenvalue weighted by atomic mass is 16.3. The van der Waals surface area contributed by atoms with Crippen LogP contribution in [-0.2, 0) is 0 Å². The summed E-state index contributed by atoms with van der Waals surface area (Å²) in [6, 6.07) is 7.12. The van der Waals surface area contributed by atoms with E-state index in [4.69, 9.17) is 10.2 Å². The van der Waals surface area contributed by atoms with Crippen molar-refractivity contribution in [1.82, 2.24) is 5.32 Å². The van der Waals surface area contributed by atoms with E-state index in [1.165, 1.54) is 12.8 Å². The minimum atomic E-state index is -0.147. The van der Waals surface area contributed by atoms with E-state index in [1.54, 1.807) is 18.2 Å². The Morgan fingerprint density at radius 2 is 2.15 bits per heavy atom. The van der Waals surface area contributed by atoms with Gasteiger partial charge in [-0.2, -0.15) is 0 Å². The van der Waals surface area contributed by atoms with Gasteiger partial charge < -0.3 is 15.5 Å². The number of nitrogens with two attached hydrogens (primary N) is 1. The van der Waals surface area contributed by atoms with Crippen LogP contribution >= 0.6 is 0 Å². The zero-order valence-electron chi connectivity index (χ0n) is 11.9. The highest BCUT2D eigenvalue weighted by molar-refractivity contribution is 5.96. The Labute approximate surface area is 118 Å². The molecule has 0 unspecified atom stereocenters. The molecule has 106 valence electrons. The Morgan fingerprint density at radius 1 is 1.40 bits per heavy atom. The van der Waals surface area contributed by atoms with E-state index in [-0.39, 0.29) is 5.91 Å². The standard InChI is InChI=1S/C16H20N2O2/c1-10(2)16(5-6-16)9-18-15(19)14-8-11-7-12(17)3-4-13(11)20-14/h3-4,7-8,10H,5-6,9,17H2,1-2H3,(H,18,19). The summed E-state index contributed by atoms with van der Waals surface area (Å²) in [4.78, 5) is 12.2. The van der Waals surface area contributed by atoms with Crippen molar-refractivity contribution in [2.75, 3.05) is 12.3 Å². The monoisotopic (exact) mass is 272 g/mol. The molecule has 2 aromatic rings. The van der Waals surface area contributed by atoms with Gasteiger partial charge in [0.2, 0.25) is 0 Å². The minimum Gasteiger partial charge on any atom is -0.451 e. The molecule has 1 saturated carbocycles. The summed E-state index contributed by atoms with van der Waals surface area (Å²) in [5, 5.41) is 3.86. The topological polar surface area (TPSA) is 68.3 Å². The molecule has 1 fully saturated rings. The predicted octanol–water partition coefficient (Wildman–Crippen LogP) is 3.18. The Hall–Kier alpha value is -1.97. The lowest BCUT2D eigenvalue weighted by Crippen LogP contribution is -2.32. The molecule has 1 aliphatic carbocycles. The second-order valence-electron chi connectivity index (χ2n) is 6.11. The van der Waals surface area contributed by atoms with Gasteiger partial charge in [0, 0.05) is 17.6 Å². The SMILES string of the molecule is CC(C)C1(CNC(=O)c2cc3cc(N)ccc3o2)CC1. The lowest BCUT2D eigenvalue weighted by atomic mass is 9.92. The Balaban J connectivity index is 1.72. The molecule has 3 N–H and O–H groups in total. The highest BCUT2D eigenvalue weighted by Gasteiger charge is 2.45. The maximum atomic E-state index is 12.2. The first-order valence-electron chi connectivity index (χ1n) is 7.07. The second kappa shape index (κ2) is 4.54. The maximum absolute atomic E-state index is 12.2. The number of fused-ring (bicyclic) bond motifs is 1. The van der Waals surface area contributed by atoms with E-state index < -0.39 is 0 Å². The lowest BCUT2D eigenvalue weighted by molar-refractivity contribution is 0.0914. The number of hydrogen-bond donors (Lipinski definition) is 2. The Morgan fingerprint density at radius 3 is 2.80 bits per heavy atom. The summed E-state index contributed by atoms with van der Waals surface area (Å²) >= 11 is 0. The lowest BCUT2D eigenvalue weighted by Gasteiger charge is -2.19. The quantitative estimate of drug-likeness (QED) is 0.840. The number of carbonyl (C=O) groups excluding carboxylic acids is 1. The molecule has 4 heteroatoms. The van der Waals surface area contributed by atoms with Crippen LogP contribution in [0.3, 0.4) is 0 Å².